The quantitative estimate of drug-likeness (QED) is 0.475. The maximum Gasteiger partial charge on any atom is 0.0975 e. The van der Waals surface area contributed by atoms with Gasteiger partial charge in [0, 0.05) is 12.7 Å². The summed E-state index contributed by atoms with van der Waals surface area (Å²) in [5.74, 6) is 0. The largest absolute Gasteiger partial charge is 0.404 e. The minimum atomic E-state index is 0.549. The Morgan fingerprint density at radius 1 is 2.00 bits per heavy atom. The van der Waals surface area contributed by atoms with Gasteiger partial charge in [-0.3, -0.25) is 0 Å². The van der Waals surface area contributed by atoms with Crippen LogP contribution in [-0.2, 0) is 0 Å². The molecule has 3 heteroatoms. The Kier molecular flexibility index (Phi) is 3.63. The summed E-state index contributed by atoms with van der Waals surface area (Å²) >= 11 is 0. The van der Waals surface area contributed by atoms with E-state index in [1.165, 1.54) is 6.20 Å². The molecule has 0 aromatic rings. The predicted octanol–water partition coefficient (Wildman–Crippen LogP) is -0.428. The van der Waals surface area contributed by atoms with E-state index < -0.39 is 0 Å². The second kappa shape index (κ2) is 4.16. The fourth-order valence-electron chi connectivity index (χ4n) is 0.326. The molecule has 0 atom stereocenters. The molecular weight excluding hydrogens is 102 g/mol. The molecule has 0 aromatic carbocycles. The molecule has 0 spiro atoms. The summed E-state index contributed by atoms with van der Waals surface area (Å²) in [5, 5.41) is 11.0. The van der Waals surface area contributed by atoms with E-state index in [0.717, 1.165) is 0 Å². The Labute approximate surface area is 48.8 Å². The Morgan fingerprint density at radius 3 is 2.75 bits per heavy atom. The van der Waals surface area contributed by atoms with Crippen molar-refractivity contribution in [3.8, 4) is 6.07 Å². The predicted molar refractivity (Wildman–Crippen MR) is 31.8 cm³/mol. The molecule has 0 bridgehead atoms. The van der Waals surface area contributed by atoms with Crippen molar-refractivity contribution >= 4 is 0 Å². The number of nitrogens with one attached hydrogen (secondary N) is 1. The first-order chi connectivity index (χ1) is 3.85. The first-order valence-corrected chi connectivity index (χ1v) is 2.30. The second-order valence-corrected chi connectivity index (χ2v) is 1.33. The van der Waals surface area contributed by atoms with E-state index >= 15 is 0 Å². The zero-order valence-electron chi connectivity index (χ0n) is 4.81. The minimum Gasteiger partial charge on any atom is -0.404 e. The average molecular weight is 111 g/mol. The molecule has 8 heavy (non-hydrogen) atoms. The summed E-state index contributed by atoms with van der Waals surface area (Å²) in [6.07, 6.45) is 1.30. The number of hydrogen-bond donors (Lipinski definition) is 2. The molecule has 44 valence electrons. The van der Waals surface area contributed by atoms with Crippen molar-refractivity contribution in [1.29, 1.82) is 5.26 Å². The Bertz CT molecular complexity index is 120. The molecule has 0 radical (unpaired) electrons. The van der Waals surface area contributed by atoms with Gasteiger partial charge in [0.05, 0.1) is 11.6 Å². The van der Waals surface area contributed by atoms with Gasteiger partial charge in [-0.05, 0) is 7.05 Å². The van der Waals surface area contributed by atoms with Gasteiger partial charge in [-0.1, -0.05) is 0 Å². The highest BCUT2D eigenvalue weighted by atomic mass is 14.8. The first kappa shape index (κ1) is 6.99. The third-order valence-electron chi connectivity index (χ3n) is 0.712. The molecule has 0 saturated heterocycles. The topological polar surface area (TPSA) is 61.8 Å². The zero-order chi connectivity index (χ0) is 6.41. The number of nitrogens with zero attached hydrogens (tertiary/aromatic N) is 1. The molecule has 0 heterocycles. The summed E-state index contributed by atoms with van der Waals surface area (Å²) in [7, 11) is 1.76. The van der Waals surface area contributed by atoms with Crippen LogP contribution >= 0.6 is 0 Å². The smallest absolute Gasteiger partial charge is 0.0975 e. The molecule has 3 N–H and O–H groups in total. The van der Waals surface area contributed by atoms with Gasteiger partial charge in [0.15, 0.2) is 0 Å². The summed E-state index contributed by atoms with van der Waals surface area (Å²) in [5.41, 5.74) is 5.61. The van der Waals surface area contributed by atoms with Crippen LogP contribution in [0.15, 0.2) is 11.8 Å². The molecule has 0 aliphatic carbocycles. The molecule has 3 nitrogen and oxygen atoms in total. The van der Waals surface area contributed by atoms with Crippen LogP contribution in [0.5, 0.6) is 0 Å². The molecule has 0 unspecified atom stereocenters. The van der Waals surface area contributed by atoms with Crippen LogP contribution in [-0.4, -0.2) is 13.6 Å². The van der Waals surface area contributed by atoms with Crippen molar-refractivity contribution in [2.45, 2.75) is 0 Å². The lowest BCUT2D eigenvalue weighted by atomic mass is 10.3. The molecule has 0 rings (SSSR count). The van der Waals surface area contributed by atoms with Crippen molar-refractivity contribution in [2.24, 2.45) is 5.73 Å². The Morgan fingerprint density at radius 2 is 2.62 bits per heavy atom. The molecule has 0 amide bonds. The van der Waals surface area contributed by atoms with Crippen molar-refractivity contribution in [1.82, 2.24) is 5.32 Å². The van der Waals surface area contributed by atoms with E-state index in [0.29, 0.717) is 12.1 Å². The van der Waals surface area contributed by atoms with Gasteiger partial charge in [-0.15, -0.1) is 0 Å². The molecule has 0 aliphatic heterocycles. The number of nitriles is 1. The highest BCUT2D eigenvalue weighted by Crippen LogP contribution is 1.81. The Hall–Kier alpha value is -1.01. The number of hydrogen-bond acceptors (Lipinski definition) is 3. The first-order valence-electron chi connectivity index (χ1n) is 2.30. The van der Waals surface area contributed by atoms with Crippen LogP contribution in [0.2, 0.25) is 0 Å². The van der Waals surface area contributed by atoms with Crippen LogP contribution in [0.4, 0.5) is 0 Å². The van der Waals surface area contributed by atoms with E-state index in [2.05, 4.69) is 5.32 Å². The van der Waals surface area contributed by atoms with E-state index in [1.807, 2.05) is 6.07 Å². The van der Waals surface area contributed by atoms with E-state index in [-0.39, 0.29) is 0 Å². The monoisotopic (exact) mass is 111 g/mol. The summed E-state index contributed by atoms with van der Waals surface area (Å²) in [6, 6.07) is 1.93. The SMILES string of the molecule is CNC/C(C#N)=C/N. The van der Waals surface area contributed by atoms with E-state index in [4.69, 9.17) is 11.0 Å². The third kappa shape index (κ3) is 2.21. The molecular formula is C5H9N3. The van der Waals surface area contributed by atoms with Crippen molar-refractivity contribution in [3.63, 3.8) is 0 Å². The average Bonchev–Trinajstić information content (AvgIpc) is 1.83. The number of nitrogens with two attached hydrogens (primary N) is 1. The summed E-state index contributed by atoms with van der Waals surface area (Å²) in [4.78, 5) is 0. The van der Waals surface area contributed by atoms with Gasteiger partial charge in [0.2, 0.25) is 0 Å². The lowest BCUT2D eigenvalue weighted by molar-refractivity contribution is 0.895. The molecule has 0 saturated carbocycles. The second-order valence-electron chi connectivity index (χ2n) is 1.33. The van der Waals surface area contributed by atoms with Gasteiger partial charge in [-0.25, -0.2) is 0 Å². The number of rotatable bonds is 2. The van der Waals surface area contributed by atoms with Gasteiger partial charge in [0.25, 0.3) is 0 Å². The lowest BCUT2D eigenvalue weighted by Gasteiger charge is -1.90. The molecule has 0 aliphatic rings. The molecule has 0 aromatic heterocycles. The van der Waals surface area contributed by atoms with Crippen molar-refractivity contribution < 1.29 is 0 Å². The maximum atomic E-state index is 8.22. The maximum absolute atomic E-state index is 8.22. The van der Waals surface area contributed by atoms with Crippen LogP contribution < -0.4 is 11.1 Å². The van der Waals surface area contributed by atoms with E-state index in [9.17, 15) is 0 Å². The summed E-state index contributed by atoms with van der Waals surface area (Å²) < 4.78 is 0. The van der Waals surface area contributed by atoms with Crippen molar-refractivity contribution in [3.05, 3.63) is 11.8 Å². The fraction of sp³-hybridized carbons (Fsp3) is 0.400. The van der Waals surface area contributed by atoms with Crippen LogP contribution in [0, 0.1) is 11.3 Å². The zero-order valence-corrected chi connectivity index (χ0v) is 4.81. The van der Waals surface area contributed by atoms with Crippen LogP contribution in [0.25, 0.3) is 0 Å². The van der Waals surface area contributed by atoms with Gasteiger partial charge in [-0.2, -0.15) is 5.26 Å². The highest BCUT2D eigenvalue weighted by molar-refractivity contribution is 5.20. The van der Waals surface area contributed by atoms with Gasteiger partial charge >= 0.3 is 0 Å². The summed E-state index contributed by atoms with van der Waals surface area (Å²) in [6.45, 7) is 0.549. The van der Waals surface area contributed by atoms with Gasteiger partial charge in [0.1, 0.15) is 0 Å². The third-order valence-corrected chi connectivity index (χ3v) is 0.712. The molecule has 0 fully saturated rings. The lowest BCUT2D eigenvalue weighted by Crippen LogP contribution is -2.10. The highest BCUT2D eigenvalue weighted by Gasteiger charge is 1.86. The Balaban J connectivity index is 3.60. The van der Waals surface area contributed by atoms with Gasteiger partial charge < -0.3 is 11.1 Å². The van der Waals surface area contributed by atoms with Crippen molar-refractivity contribution in [2.75, 3.05) is 13.6 Å². The number of likely N-dealkylation sites (N-methyl/N-ethyl adjacent to an activating group) is 1. The van der Waals surface area contributed by atoms with Crippen LogP contribution in [0.3, 0.4) is 0 Å². The normalized spacial score (nSPS) is 10.8. The standard InChI is InChI=1S/C5H9N3/c1-8-4-5(2-6)3-7/h2,8H,4,6H2,1H3/b5-2+. The minimum absolute atomic E-state index is 0.549. The van der Waals surface area contributed by atoms with Crippen LogP contribution in [0.1, 0.15) is 0 Å². The fourth-order valence-corrected chi connectivity index (χ4v) is 0.326. The van der Waals surface area contributed by atoms with E-state index in [1.54, 1.807) is 7.05 Å².